The molecular formula is C12H13NO. The second-order valence-electron chi connectivity index (χ2n) is 4.16. The molecule has 1 heterocycles. The second kappa shape index (κ2) is 2.92. The lowest BCUT2D eigenvalue weighted by atomic mass is 9.92. The van der Waals surface area contributed by atoms with Crippen molar-refractivity contribution in [3.05, 3.63) is 29.8 Å². The first-order valence-electron chi connectivity index (χ1n) is 5.19. The number of rotatable bonds is 0. The maximum absolute atomic E-state index is 9.72. The van der Waals surface area contributed by atoms with Gasteiger partial charge in [0.05, 0.1) is 17.5 Å². The van der Waals surface area contributed by atoms with Crippen molar-refractivity contribution in [2.45, 2.75) is 25.4 Å². The van der Waals surface area contributed by atoms with E-state index in [1.165, 1.54) is 5.56 Å². The van der Waals surface area contributed by atoms with E-state index < -0.39 is 0 Å². The number of benzene rings is 1. The van der Waals surface area contributed by atoms with Crippen LogP contribution in [-0.2, 0) is 6.42 Å². The molecule has 0 radical (unpaired) electrons. The summed E-state index contributed by atoms with van der Waals surface area (Å²) in [6.07, 6.45) is 2.76. The van der Waals surface area contributed by atoms with Crippen molar-refractivity contribution in [1.29, 1.82) is 0 Å². The van der Waals surface area contributed by atoms with Crippen molar-refractivity contribution in [2.75, 3.05) is 0 Å². The number of hydrogen-bond donors (Lipinski definition) is 1. The highest BCUT2D eigenvalue weighted by Crippen LogP contribution is 2.35. The molecule has 0 bridgehead atoms. The normalized spacial score (nSPS) is 29.4. The lowest BCUT2D eigenvalue weighted by molar-refractivity contribution is 0.242. The van der Waals surface area contributed by atoms with Gasteiger partial charge in [0, 0.05) is 5.92 Å². The minimum atomic E-state index is -0.284. The van der Waals surface area contributed by atoms with Crippen LogP contribution < -0.4 is 0 Å². The summed E-state index contributed by atoms with van der Waals surface area (Å²) >= 11 is 0. The van der Waals surface area contributed by atoms with Crippen LogP contribution in [0.3, 0.4) is 0 Å². The summed E-state index contributed by atoms with van der Waals surface area (Å²) in [4.78, 5) is 4.56. The van der Waals surface area contributed by atoms with E-state index in [0.717, 1.165) is 30.7 Å². The van der Waals surface area contributed by atoms with Gasteiger partial charge >= 0.3 is 0 Å². The Hall–Kier alpha value is -1.15. The maximum atomic E-state index is 9.72. The summed E-state index contributed by atoms with van der Waals surface area (Å²) < 4.78 is 0. The SMILES string of the molecule is O[C@H]1CC[C@@H]2Cc3ccccc3N=C21. The van der Waals surface area contributed by atoms with E-state index in [2.05, 4.69) is 17.1 Å². The molecule has 1 aromatic carbocycles. The number of hydrogen-bond acceptors (Lipinski definition) is 2. The first kappa shape index (κ1) is 8.18. The van der Waals surface area contributed by atoms with E-state index in [4.69, 9.17) is 0 Å². The topological polar surface area (TPSA) is 32.6 Å². The molecule has 14 heavy (non-hydrogen) atoms. The molecule has 2 heteroatoms. The average molecular weight is 187 g/mol. The molecule has 1 aromatic rings. The smallest absolute Gasteiger partial charge is 0.0924 e. The quantitative estimate of drug-likeness (QED) is 0.662. The maximum Gasteiger partial charge on any atom is 0.0924 e. The van der Waals surface area contributed by atoms with E-state index in [1.54, 1.807) is 0 Å². The highest BCUT2D eigenvalue weighted by Gasteiger charge is 2.33. The van der Waals surface area contributed by atoms with Gasteiger partial charge in [-0.3, -0.25) is 4.99 Å². The van der Waals surface area contributed by atoms with E-state index in [-0.39, 0.29) is 6.10 Å². The van der Waals surface area contributed by atoms with Crippen LogP contribution in [-0.4, -0.2) is 16.9 Å². The number of aliphatic hydroxyl groups excluding tert-OH is 1. The van der Waals surface area contributed by atoms with Crippen LogP contribution in [0.1, 0.15) is 18.4 Å². The molecule has 0 unspecified atom stereocenters. The molecule has 3 rings (SSSR count). The fourth-order valence-electron chi connectivity index (χ4n) is 2.50. The van der Waals surface area contributed by atoms with Crippen molar-refractivity contribution in [3.63, 3.8) is 0 Å². The first-order valence-corrected chi connectivity index (χ1v) is 5.19. The van der Waals surface area contributed by atoms with Gasteiger partial charge in [-0.15, -0.1) is 0 Å². The number of aliphatic hydroxyl groups is 1. The molecule has 1 N–H and O–H groups in total. The Balaban J connectivity index is 2.09. The second-order valence-corrected chi connectivity index (χ2v) is 4.16. The van der Waals surface area contributed by atoms with E-state index in [9.17, 15) is 5.11 Å². The predicted octanol–water partition coefficient (Wildman–Crippen LogP) is 2.09. The minimum Gasteiger partial charge on any atom is -0.387 e. The van der Waals surface area contributed by atoms with Crippen LogP contribution in [0.5, 0.6) is 0 Å². The molecule has 0 aromatic heterocycles. The number of aliphatic imine (C=N–C) groups is 1. The van der Waals surface area contributed by atoms with Crippen LogP contribution >= 0.6 is 0 Å². The Kier molecular flexibility index (Phi) is 1.71. The van der Waals surface area contributed by atoms with Gasteiger partial charge < -0.3 is 5.11 Å². The summed E-state index contributed by atoms with van der Waals surface area (Å²) in [5.41, 5.74) is 3.40. The molecule has 2 aliphatic rings. The molecule has 1 aliphatic heterocycles. The highest BCUT2D eigenvalue weighted by molar-refractivity contribution is 5.96. The molecule has 2 nitrogen and oxygen atoms in total. The van der Waals surface area contributed by atoms with Gasteiger partial charge in [0.25, 0.3) is 0 Å². The Bertz CT molecular complexity index is 397. The Morgan fingerprint density at radius 2 is 2.07 bits per heavy atom. The summed E-state index contributed by atoms with van der Waals surface area (Å²) in [6.45, 7) is 0. The Morgan fingerprint density at radius 1 is 1.21 bits per heavy atom. The predicted molar refractivity (Wildman–Crippen MR) is 56.0 cm³/mol. The van der Waals surface area contributed by atoms with Gasteiger partial charge in [-0.05, 0) is 30.9 Å². The van der Waals surface area contributed by atoms with Crippen molar-refractivity contribution in [2.24, 2.45) is 10.9 Å². The van der Waals surface area contributed by atoms with Gasteiger partial charge in [0.2, 0.25) is 0 Å². The highest BCUT2D eigenvalue weighted by atomic mass is 16.3. The van der Waals surface area contributed by atoms with Crippen molar-refractivity contribution in [3.8, 4) is 0 Å². The van der Waals surface area contributed by atoms with Gasteiger partial charge in [-0.2, -0.15) is 0 Å². The lowest BCUT2D eigenvalue weighted by Gasteiger charge is -2.19. The van der Waals surface area contributed by atoms with Crippen LogP contribution in [0.2, 0.25) is 0 Å². The molecule has 1 saturated carbocycles. The summed E-state index contributed by atoms with van der Waals surface area (Å²) in [7, 11) is 0. The number of fused-ring (bicyclic) bond motifs is 2. The zero-order valence-electron chi connectivity index (χ0n) is 7.98. The number of para-hydroxylation sites is 1. The van der Waals surface area contributed by atoms with Crippen molar-refractivity contribution in [1.82, 2.24) is 0 Å². The van der Waals surface area contributed by atoms with Crippen LogP contribution in [0, 0.1) is 5.92 Å². The fourth-order valence-corrected chi connectivity index (χ4v) is 2.50. The van der Waals surface area contributed by atoms with Gasteiger partial charge in [0.1, 0.15) is 0 Å². The van der Waals surface area contributed by atoms with Crippen molar-refractivity contribution >= 4 is 11.4 Å². The number of nitrogens with zero attached hydrogens (tertiary/aromatic N) is 1. The van der Waals surface area contributed by atoms with Crippen LogP contribution in [0.15, 0.2) is 29.3 Å². The zero-order chi connectivity index (χ0) is 9.54. The third-order valence-electron chi connectivity index (χ3n) is 3.26. The van der Waals surface area contributed by atoms with Gasteiger partial charge in [-0.25, -0.2) is 0 Å². The summed E-state index contributed by atoms with van der Waals surface area (Å²) in [5.74, 6) is 0.500. The van der Waals surface area contributed by atoms with Crippen LogP contribution in [0.25, 0.3) is 0 Å². The molecule has 0 amide bonds. The zero-order valence-corrected chi connectivity index (χ0v) is 7.98. The molecule has 0 spiro atoms. The molecule has 0 saturated heterocycles. The van der Waals surface area contributed by atoms with Crippen LogP contribution in [0.4, 0.5) is 5.69 Å². The summed E-state index contributed by atoms with van der Waals surface area (Å²) in [5, 5.41) is 9.72. The first-order chi connectivity index (χ1) is 6.84. The molecule has 72 valence electrons. The fraction of sp³-hybridized carbons (Fsp3) is 0.417. The standard InChI is InChI=1S/C12H13NO/c14-11-6-5-9-7-8-3-1-2-4-10(8)13-12(9)11/h1-4,9,11,14H,5-7H2/t9-,11+/m1/s1. The van der Waals surface area contributed by atoms with E-state index in [1.807, 2.05) is 12.1 Å². The molecular weight excluding hydrogens is 174 g/mol. The Labute approximate surface area is 83.3 Å². The van der Waals surface area contributed by atoms with E-state index >= 15 is 0 Å². The van der Waals surface area contributed by atoms with Crippen molar-refractivity contribution < 1.29 is 5.11 Å². The average Bonchev–Trinajstić information content (AvgIpc) is 2.57. The largest absolute Gasteiger partial charge is 0.387 e. The minimum absolute atomic E-state index is 0.284. The lowest BCUT2D eigenvalue weighted by Crippen LogP contribution is -2.22. The molecule has 1 aliphatic carbocycles. The van der Waals surface area contributed by atoms with E-state index in [0.29, 0.717) is 5.92 Å². The van der Waals surface area contributed by atoms with Gasteiger partial charge in [0.15, 0.2) is 0 Å². The van der Waals surface area contributed by atoms with Gasteiger partial charge in [-0.1, -0.05) is 18.2 Å². The third kappa shape index (κ3) is 1.11. The third-order valence-corrected chi connectivity index (χ3v) is 3.26. The summed E-state index contributed by atoms with van der Waals surface area (Å²) in [6, 6.07) is 8.24. The molecule has 2 atom stereocenters. The Morgan fingerprint density at radius 3 is 3.00 bits per heavy atom. The molecule has 1 fully saturated rings. The monoisotopic (exact) mass is 187 g/mol.